The van der Waals surface area contributed by atoms with Gasteiger partial charge in [-0.2, -0.15) is 5.10 Å². The zero-order chi connectivity index (χ0) is 18.4. The number of anilines is 1. The van der Waals surface area contributed by atoms with Crippen molar-refractivity contribution in [3.63, 3.8) is 0 Å². The Morgan fingerprint density at radius 1 is 1.32 bits per heavy atom. The first-order chi connectivity index (χ1) is 11.6. The summed E-state index contributed by atoms with van der Waals surface area (Å²) < 4.78 is 28.9. The molecule has 0 atom stereocenters. The number of hydrogen-bond donors (Lipinski definition) is 1. The molecule has 0 saturated carbocycles. The molecule has 0 amide bonds. The number of ether oxygens (including phenoxy) is 1. The Kier molecular flexibility index (Phi) is 2.56. The van der Waals surface area contributed by atoms with Crippen LogP contribution in [0.5, 0.6) is 5.75 Å². The third-order valence-electron chi connectivity index (χ3n) is 3.01. The van der Waals surface area contributed by atoms with Crippen LogP contribution in [-0.2, 0) is 12.6 Å². The molecule has 22 heavy (non-hydrogen) atoms. The fourth-order valence-electron chi connectivity index (χ4n) is 1.98. The Labute approximate surface area is 135 Å². The molecule has 3 aromatic heterocycles. The molecule has 0 radical (unpaired) electrons. The molecule has 8 nitrogen and oxygen atoms in total. The molecule has 0 saturated heterocycles. The lowest BCUT2D eigenvalue weighted by Gasteiger charge is -2.24. The largest absolute Gasteiger partial charge is 0.477 e. The third kappa shape index (κ3) is 2.41. The van der Waals surface area contributed by atoms with Crippen LogP contribution in [0.4, 0.5) is 5.82 Å². The van der Waals surface area contributed by atoms with Crippen LogP contribution in [0.1, 0.15) is 23.8 Å². The van der Waals surface area contributed by atoms with Crippen LogP contribution in [0, 0.1) is 0 Å². The van der Waals surface area contributed by atoms with Gasteiger partial charge in [0.15, 0.2) is 22.3 Å². The van der Waals surface area contributed by atoms with Crippen LogP contribution in [0.25, 0.3) is 10.9 Å². The molecule has 0 aromatic carbocycles. The molecule has 0 fully saturated rings. The van der Waals surface area contributed by atoms with Gasteiger partial charge >= 0.3 is 0 Å². The Bertz CT molecular complexity index is 941. The van der Waals surface area contributed by atoms with Gasteiger partial charge in [0.2, 0.25) is 0 Å². The zero-order valence-corrected chi connectivity index (χ0v) is 12.5. The summed E-state index contributed by atoms with van der Waals surface area (Å²) in [4.78, 5) is 16.1. The highest BCUT2D eigenvalue weighted by atomic mass is 35.5. The van der Waals surface area contributed by atoms with E-state index in [1.807, 2.05) is 0 Å². The van der Waals surface area contributed by atoms with E-state index in [0.717, 1.165) is 11.0 Å². The van der Waals surface area contributed by atoms with E-state index in [1.165, 1.54) is 12.5 Å². The van der Waals surface area contributed by atoms with Gasteiger partial charge in [0.05, 0.1) is 11.6 Å². The molecule has 0 unspecified atom stereocenters. The fourth-order valence-corrected chi connectivity index (χ4v) is 2.17. The maximum Gasteiger partial charge on any atom is 0.193 e. The van der Waals surface area contributed by atoms with E-state index in [-0.39, 0.29) is 22.5 Å². The standard InChI is InChI=1S/C13H14ClN7O/c1-13(2,12-19-6-21(3)20-12)22-7-4-16-10(14)9-8(7)11(15)18-5-17-9/h4-6H,1-3H3,(H2,15,17,18)/i3D3. The molecule has 0 spiro atoms. The number of rotatable bonds is 3. The molecule has 0 aliphatic rings. The summed E-state index contributed by atoms with van der Waals surface area (Å²) in [5.41, 5.74) is 5.20. The molecule has 3 aromatic rings. The van der Waals surface area contributed by atoms with Crippen LogP contribution >= 0.6 is 11.6 Å². The molecule has 3 rings (SSSR count). The van der Waals surface area contributed by atoms with Crippen LogP contribution in [0.2, 0.25) is 5.15 Å². The van der Waals surface area contributed by atoms with Gasteiger partial charge in [0.1, 0.15) is 24.0 Å². The molecular weight excluding hydrogens is 306 g/mol. The second-order valence-electron chi connectivity index (χ2n) is 5.02. The summed E-state index contributed by atoms with van der Waals surface area (Å²) in [6.07, 6.45) is 3.80. The number of pyridine rings is 1. The molecule has 0 aliphatic carbocycles. The Morgan fingerprint density at radius 2 is 2.14 bits per heavy atom. The van der Waals surface area contributed by atoms with E-state index in [4.69, 9.17) is 26.2 Å². The van der Waals surface area contributed by atoms with Crippen molar-refractivity contribution in [2.24, 2.45) is 6.98 Å². The van der Waals surface area contributed by atoms with E-state index in [1.54, 1.807) is 13.8 Å². The van der Waals surface area contributed by atoms with Crippen LogP contribution in [-0.4, -0.2) is 29.7 Å². The Hall–Kier alpha value is -2.48. The minimum Gasteiger partial charge on any atom is -0.477 e. The van der Waals surface area contributed by atoms with Gasteiger partial charge in [-0.3, -0.25) is 4.68 Å². The number of nitrogen functional groups attached to an aromatic ring is 1. The fraction of sp³-hybridized carbons (Fsp3) is 0.308. The van der Waals surface area contributed by atoms with Crippen LogP contribution in [0.3, 0.4) is 0 Å². The second kappa shape index (κ2) is 5.06. The highest BCUT2D eigenvalue weighted by molar-refractivity contribution is 6.34. The number of nitrogens with two attached hydrogens (primary N) is 1. The number of fused-ring (bicyclic) bond motifs is 1. The summed E-state index contributed by atoms with van der Waals surface area (Å²) >= 11 is 6.04. The molecule has 9 heteroatoms. The van der Waals surface area contributed by atoms with Crippen molar-refractivity contribution in [2.75, 3.05) is 5.73 Å². The smallest absolute Gasteiger partial charge is 0.193 e. The molecular formula is C13H14ClN7O. The van der Waals surface area contributed by atoms with Crippen molar-refractivity contribution in [3.8, 4) is 5.75 Å². The maximum atomic E-state index is 7.37. The predicted molar refractivity (Wildman–Crippen MR) is 81.4 cm³/mol. The van der Waals surface area contributed by atoms with E-state index in [2.05, 4.69) is 25.0 Å². The summed E-state index contributed by atoms with van der Waals surface area (Å²) in [7, 11) is 0. The van der Waals surface area contributed by atoms with Gasteiger partial charge < -0.3 is 10.5 Å². The van der Waals surface area contributed by atoms with Gasteiger partial charge in [0.25, 0.3) is 0 Å². The first-order valence-electron chi connectivity index (χ1n) is 7.76. The third-order valence-corrected chi connectivity index (χ3v) is 3.29. The number of halogens is 1. The quantitative estimate of drug-likeness (QED) is 0.732. The van der Waals surface area contributed by atoms with Crippen molar-refractivity contribution in [2.45, 2.75) is 19.4 Å². The molecule has 0 aliphatic heterocycles. The van der Waals surface area contributed by atoms with E-state index >= 15 is 0 Å². The van der Waals surface area contributed by atoms with Crippen molar-refractivity contribution >= 4 is 28.3 Å². The van der Waals surface area contributed by atoms with Gasteiger partial charge in [-0.15, -0.1) is 0 Å². The topological polar surface area (TPSA) is 105 Å². The summed E-state index contributed by atoms with van der Waals surface area (Å²) in [6, 6.07) is 0. The van der Waals surface area contributed by atoms with Crippen LogP contribution < -0.4 is 10.5 Å². The highest BCUT2D eigenvalue weighted by Crippen LogP contribution is 2.35. The van der Waals surface area contributed by atoms with Crippen LogP contribution in [0.15, 0.2) is 18.9 Å². The Morgan fingerprint density at radius 3 is 2.86 bits per heavy atom. The summed E-state index contributed by atoms with van der Waals surface area (Å²) in [5, 5.41) is 4.55. The first kappa shape index (κ1) is 11.1. The molecule has 0 bridgehead atoms. The lowest BCUT2D eigenvalue weighted by molar-refractivity contribution is 0.0999. The number of aromatic nitrogens is 6. The highest BCUT2D eigenvalue weighted by Gasteiger charge is 2.29. The average molecular weight is 323 g/mol. The van der Waals surface area contributed by atoms with Gasteiger partial charge in [0, 0.05) is 11.1 Å². The second-order valence-corrected chi connectivity index (χ2v) is 5.38. The lowest BCUT2D eigenvalue weighted by atomic mass is 10.1. The summed E-state index contributed by atoms with van der Waals surface area (Å²) in [6.45, 7) is 0.952. The summed E-state index contributed by atoms with van der Waals surface area (Å²) in [5.74, 6) is 0.649. The van der Waals surface area contributed by atoms with Crippen molar-refractivity contribution < 1.29 is 8.85 Å². The average Bonchev–Trinajstić information content (AvgIpc) is 3.01. The number of nitrogens with zero attached hydrogens (tertiary/aromatic N) is 6. The predicted octanol–water partition coefficient (Wildman–Crippen LogP) is 1.70. The van der Waals surface area contributed by atoms with Gasteiger partial charge in [-0.05, 0) is 13.8 Å². The van der Waals surface area contributed by atoms with E-state index < -0.39 is 12.6 Å². The first-order valence-corrected chi connectivity index (χ1v) is 6.64. The number of aryl methyl sites for hydroxylation is 1. The molecule has 3 heterocycles. The SMILES string of the molecule is [2H]C([2H])([2H])n1cnc(C(C)(C)Oc2cnc(Cl)c3ncnc(N)c23)n1. The van der Waals surface area contributed by atoms with E-state index in [9.17, 15) is 0 Å². The normalized spacial score (nSPS) is 14.4. The van der Waals surface area contributed by atoms with E-state index in [0.29, 0.717) is 10.9 Å². The Balaban J connectivity index is 2.03. The lowest BCUT2D eigenvalue weighted by Crippen LogP contribution is -2.27. The molecule has 114 valence electrons. The molecule has 2 N–H and O–H groups in total. The minimum atomic E-state index is -2.42. The maximum absolute atomic E-state index is 7.37. The monoisotopic (exact) mass is 322 g/mol. The van der Waals surface area contributed by atoms with Crippen molar-refractivity contribution in [1.82, 2.24) is 29.7 Å². The number of hydrogen-bond acceptors (Lipinski definition) is 7. The zero-order valence-electron chi connectivity index (χ0n) is 14.8. The minimum absolute atomic E-state index is 0.166. The van der Waals surface area contributed by atoms with Crippen molar-refractivity contribution in [1.29, 1.82) is 0 Å². The van der Waals surface area contributed by atoms with Gasteiger partial charge in [-0.25, -0.2) is 19.9 Å². The van der Waals surface area contributed by atoms with Gasteiger partial charge in [-0.1, -0.05) is 11.6 Å². The van der Waals surface area contributed by atoms with Crippen molar-refractivity contribution in [3.05, 3.63) is 29.8 Å².